The molecule has 0 bridgehead atoms. The molecule has 0 radical (unpaired) electrons. The summed E-state index contributed by atoms with van der Waals surface area (Å²) in [7, 11) is 0. The van der Waals surface area contributed by atoms with Gasteiger partial charge in [-0.3, -0.25) is 19.3 Å². The van der Waals surface area contributed by atoms with E-state index in [1.54, 1.807) is 0 Å². The molecule has 0 saturated carbocycles. The summed E-state index contributed by atoms with van der Waals surface area (Å²) in [5, 5.41) is 2.79. The van der Waals surface area contributed by atoms with Crippen molar-refractivity contribution < 1.29 is 14.4 Å². The Labute approximate surface area is 137 Å². The Morgan fingerprint density at radius 1 is 1.17 bits per heavy atom. The first-order chi connectivity index (χ1) is 11.1. The quantitative estimate of drug-likeness (QED) is 0.745. The van der Waals surface area contributed by atoms with Crippen LogP contribution in [0.1, 0.15) is 38.2 Å². The first-order valence-electron chi connectivity index (χ1n) is 8.20. The van der Waals surface area contributed by atoms with Crippen molar-refractivity contribution in [1.82, 2.24) is 10.2 Å². The molecule has 1 unspecified atom stereocenters. The van der Waals surface area contributed by atoms with E-state index in [4.69, 9.17) is 0 Å². The number of carbonyl (C=O) groups is 3. The zero-order valence-corrected chi connectivity index (χ0v) is 13.6. The summed E-state index contributed by atoms with van der Waals surface area (Å²) in [6, 6.07) is 10.2. The van der Waals surface area contributed by atoms with Crippen molar-refractivity contribution in [2.24, 2.45) is 5.92 Å². The molecule has 1 atom stereocenters. The van der Waals surface area contributed by atoms with Gasteiger partial charge < -0.3 is 5.32 Å². The number of benzene rings is 1. The molecule has 1 heterocycles. The van der Waals surface area contributed by atoms with Crippen LogP contribution in [0, 0.1) is 5.92 Å². The van der Waals surface area contributed by atoms with Crippen molar-refractivity contribution >= 4 is 17.7 Å². The number of hydrogen-bond acceptors (Lipinski definition) is 3. The van der Waals surface area contributed by atoms with E-state index >= 15 is 0 Å². The van der Waals surface area contributed by atoms with Gasteiger partial charge in [0.05, 0.1) is 0 Å². The predicted molar refractivity (Wildman–Crippen MR) is 87.5 cm³/mol. The number of amides is 3. The van der Waals surface area contributed by atoms with E-state index in [0.717, 1.165) is 12.8 Å². The van der Waals surface area contributed by atoms with Crippen LogP contribution < -0.4 is 5.32 Å². The average Bonchev–Trinajstić information content (AvgIpc) is 2.86. The number of carbonyl (C=O) groups excluding carboxylic acids is 3. The fourth-order valence-corrected chi connectivity index (χ4v) is 2.73. The van der Waals surface area contributed by atoms with E-state index in [1.165, 1.54) is 10.5 Å². The van der Waals surface area contributed by atoms with E-state index in [0.29, 0.717) is 31.7 Å². The van der Waals surface area contributed by atoms with E-state index in [2.05, 4.69) is 24.4 Å². The highest BCUT2D eigenvalue weighted by Gasteiger charge is 2.28. The molecule has 1 aliphatic rings. The minimum absolute atomic E-state index is 0.0235. The van der Waals surface area contributed by atoms with Crippen LogP contribution in [0.5, 0.6) is 0 Å². The molecular formula is C18H24N2O3. The largest absolute Gasteiger partial charge is 0.354 e. The standard InChI is InChI=1S/C18H24N2O3/c1-14(7-8-15-5-3-2-4-6-15)13-16(21)19-11-12-20-17(22)9-10-18(20)23/h2-6,14H,7-13H2,1H3,(H,19,21). The number of aryl methyl sites for hydroxylation is 1. The number of nitrogens with one attached hydrogen (secondary N) is 1. The number of imide groups is 1. The van der Waals surface area contributed by atoms with E-state index in [-0.39, 0.29) is 24.3 Å². The first kappa shape index (κ1) is 17.2. The van der Waals surface area contributed by atoms with Crippen molar-refractivity contribution in [3.05, 3.63) is 35.9 Å². The van der Waals surface area contributed by atoms with E-state index in [1.807, 2.05) is 18.2 Å². The lowest BCUT2D eigenvalue weighted by atomic mass is 9.98. The second-order valence-corrected chi connectivity index (χ2v) is 6.12. The summed E-state index contributed by atoms with van der Waals surface area (Å²) in [6.07, 6.45) is 2.98. The summed E-state index contributed by atoms with van der Waals surface area (Å²) in [5.41, 5.74) is 1.28. The number of hydrogen-bond donors (Lipinski definition) is 1. The van der Waals surface area contributed by atoms with Gasteiger partial charge in [0.15, 0.2) is 0 Å². The van der Waals surface area contributed by atoms with Gasteiger partial charge in [-0.1, -0.05) is 37.3 Å². The number of rotatable bonds is 8. The maximum absolute atomic E-state index is 11.9. The zero-order chi connectivity index (χ0) is 16.7. The summed E-state index contributed by atoms with van der Waals surface area (Å²) in [4.78, 5) is 36.0. The topological polar surface area (TPSA) is 66.5 Å². The van der Waals surface area contributed by atoms with Crippen LogP contribution in [0.3, 0.4) is 0 Å². The lowest BCUT2D eigenvalue weighted by Gasteiger charge is -2.15. The average molecular weight is 316 g/mol. The lowest BCUT2D eigenvalue weighted by Crippen LogP contribution is -2.38. The number of likely N-dealkylation sites (tertiary alicyclic amines) is 1. The summed E-state index contributed by atoms with van der Waals surface area (Å²) in [5.74, 6) is -0.00382. The van der Waals surface area contributed by atoms with Gasteiger partial charge in [0, 0.05) is 32.4 Å². The smallest absolute Gasteiger partial charge is 0.229 e. The van der Waals surface area contributed by atoms with Crippen LogP contribution in [0.25, 0.3) is 0 Å². The molecule has 1 aromatic carbocycles. The van der Waals surface area contributed by atoms with Gasteiger partial charge in [-0.25, -0.2) is 0 Å². The van der Waals surface area contributed by atoms with E-state index < -0.39 is 0 Å². The SMILES string of the molecule is CC(CCc1ccccc1)CC(=O)NCCN1C(=O)CCC1=O. The number of nitrogens with zero attached hydrogens (tertiary/aromatic N) is 1. The van der Waals surface area contributed by atoms with Crippen LogP contribution in [0.15, 0.2) is 30.3 Å². The van der Waals surface area contributed by atoms with Gasteiger partial charge in [-0.15, -0.1) is 0 Å². The molecule has 2 rings (SSSR count). The van der Waals surface area contributed by atoms with Crippen molar-refractivity contribution in [3.63, 3.8) is 0 Å². The predicted octanol–water partition coefficient (Wildman–Crippen LogP) is 1.91. The van der Waals surface area contributed by atoms with Crippen LogP contribution in [0.2, 0.25) is 0 Å². The third kappa shape index (κ3) is 5.51. The third-order valence-electron chi connectivity index (χ3n) is 4.11. The van der Waals surface area contributed by atoms with Gasteiger partial charge in [-0.2, -0.15) is 0 Å². The van der Waals surface area contributed by atoms with E-state index in [9.17, 15) is 14.4 Å². The molecule has 0 spiro atoms. The van der Waals surface area contributed by atoms with Gasteiger partial charge in [-0.05, 0) is 24.3 Å². The molecule has 1 aromatic rings. The second kappa shape index (κ2) is 8.46. The minimum Gasteiger partial charge on any atom is -0.354 e. The summed E-state index contributed by atoms with van der Waals surface area (Å²) >= 11 is 0. The normalized spacial score (nSPS) is 15.8. The molecule has 1 fully saturated rings. The second-order valence-electron chi connectivity index (χ2n) is 6.12. The van der Waals surface area contributed by atoms with Gasteiger partial charge >= 0.3 is 0 Å². The molecule has 23 heavy (non-hydrogen) atoms. The molecule has 3 amide bonds. The highest BCUT2D eigenvalue weighted by atomic mass is 16.2. The fraction of sp³-hybridized carbons (Fsp3) is 0.500. The highest BCUT2D eigenvalue weighted by molar-refractivity contribution is 6.01. The van der Waals surface area contributed by atoms with Crippen LogP contribution in [0.4, 0.5) is 0 Å². The lowest BCUT2D eigenvalue weighted by molar-refractivity contribution is -0.138. The third-order valence-corrected chi connectivity index (χ3v) is 4.11. The first-order valence-corrected chi connectivity index (χ1v) is 8.20. The van der Waals surface area contributed by atoms with Gasteiger partial charge in [0.25, 0.3) is 0 Å². The Kier molecular flexibility index (Phi) is 6.32. The van der Waals surface area contributed by atoms with Crippen LogP contribution >= 0.6 is 0 Å². The van der Waals surface area contributed by atoms with Crippen molar-refractivity contribution in [3.8, 4) is 0 Å². The van der Waals surface area contributed by atoms with Gasteiger partial charge in [0.2, 0.25) is 17.7 Å². The summed E-state index contributed by atoms with van der Waals surface area (Å²) < 4.78 is 0. The van der Waals surface area contributed by atoms with Gasteiger partial charge in [0.1, 0.15) is 0 Å². The molecule has 5 heteroatoms. The summed E-state index contributed by atoms with van der Waals surface area (Å²) in [6.45, 7) is 2.68. The van der Waals surface area contributed by atoms with Crippen molar-refractivity contribution in [1.29, 1.82) is 0 Å². The van der Waals surface area contributed by atoms with Crippen molar-refractivity contribution in [2.45, 2.75) is 39.0 Å². The Bertz CT molecular complexity index is 541. The molecular weight excluding hydrogens is 292 g/mol. The molecule has 0 aromatic heterocycles. The van der Waals surface area contributed by atoms with Crippen molar-refractivity contribution in [2.75, 3.05) is 13.1 Å². The highest BCUT2D eigenvalue weighted by Crippen LogP contribution is 2.13. The maximum Gasteiger partial charge on any atom is 0.229 e. The molecule has 1 N–H and O–H groups in total. The molecule has 5 nitrogen and oxygen atoms in total. The van der Waals surface area contributed by atoms with Crippen LogP contribution in [-0.2, 0) is 20.8 Å². The minimum atomic E-state index is -0.138. The van der Waals surface area contributed by atoms with Crippen LogP contribution in [-0.4, -0.2) is 35.7 Å². The Morgan fingerprint density at radius 3 is 2.48 bits per heavy atom. The monoisotopic (exact) mass is 316 g/mol. The maximum atomic E-state index is 11.9. The molecule has 0 aliphatic carbocycles. The zero-order valence-electron chi connectivity index (χ0n) is 13.6. The molecule has 1 aliphatic heterocycles. The Balaban J connectivity index is 1.62. The Morgan fingerprint density at radius 2 is 1.83 bits per heavy atom. The molecule has 124 valence electrons. The molecule has 1 saturated heterocycles. The fourth-order valence-electron chi connectivity index (χ4n) is 2.73. The Hall–Kier alpha value is -2.17.